The number of methoxy groups -OCH3 is 1. The van der Waals surface area contributed by atoms with Crippen molar-refractivity contribution < 1.29 is 14.3 Å². The van der Waals surface area contributed by atoms with E-state index in [4.69, 9.17) is 9.47 Å². The first-order valence-electron chi connectivity index (χ1n) is 8.27. The molecule has 1 unspecified atom stereocenters. The molecule has 0 aromatic heterocycles. The Bertz CT molecular complexity index is 391. The third kappa shape index (κ3) is 10.6. The number of allylic oxidation sites excluding steroid dienone is 3. The van der Waals surface area contributed by atoms with Crippen molar-refractivity contribution in [3.05, 3.63) is 23.3 Å². The van der Waals surface area contributed by atoms with Crippen molar-refractivity contribution in [2.45, 2.75) is 72.8 Å². The van der Waals surface area contributed by atoms with Gasteiger partial charge in [0.1, 0.15) is 0 Å². The van der Waals surface area contributed by atoms with Crippen LogP contribution in [0.2, 0.25) is 0 Å². The van der Waals surface area contributed by atoms with Gasteiger partial charge in [0.05, 0.1) is 12.2 Å². The molecule has 0 radical (unpaired) electrons. The molecule has 0 bridgehead atoms. The highest BCUT2D eigenvalue weighted by molar-refractivity contribution is 5.83. The van der Waals surface area contributed by atoms with Crippen LogP contribution in [0.4, 0.5) is 0 Å². The van der Waals surface area contributed by atoms with Gasteiger partial charge < -0.3 is 9.47 Å². The average Bonchev–Trinajstić information content (AvgIpc) is 2.37. The first-order chi connectivity index (χ1) is 10.2. The monoisotopic (exact) mass is 310 g/mol. The van der Waals surface area contributed by atoms with Gasteiger partial charge in [0.15, 0.2) is 0 Å². The van der Waals surface area contributed by atoms with Crippen molar-refractivity contribution in [2.75, 3.05) is 13.7 Å². The fraction of sp³-hybridized carbons (Fsp3) is 0.737. The summed E-state index contributed by atoms with van der Waals surface area (Å²) in [6.45, 7) is 12.8. The molecule has 0 aliphatic carbocycles. The molecule has 0 fully saturated rings. The Kier molecular flexibility index (Phi) is 10.1. The summed E-state index contributed by atoms with van der Waals surface area (Å²) in [4.78, 5) is 11.4. The molecule has 0 amide bonds. The Morgan fingerprint density at radius 2 is 1.86 bits per heavy atom. The van der Waals surface area contributed by atoms with E-state index in [-0.39, 0.29) is 11.6 Å². The molecule has 3 heteroatoms. The summed E-state index contributed by atoms with van der Waals surface area (Å²) >= 11 is 0. The topological polar surface area (TPSA) is 35.5 Å². The molecule has 1 atom stereocenters. The minimum absolute atomic E-state index is 0.0242. The van der Waals surface area contributed by atoms with Crippen LogP contribution in [-0.2, 0) is 14.3 Å². The molecule has 0 rings (SSSR count). The maximum atomic E-state index is 11.4. The van der Waals surface area contributed by atoms with Crippen LogP contribution in [0.1, 0.15) is 67.2 Å². The van der Waals surface area contributed by atoms with Gasteiger partial charge >= 0.3 is 5.97 Å². The molecule has 0 aliphatic heterocycles. The Morgan fingerprint density at radius 1 is 1.23 bits per heavy atom. The summed E-state index contributed by atoms with van der Waals surface area (Å²) in [6.07, 6.45) is 8.14. The van der Waals surface area contributed by atoms with E-state index in [0.717, 1.165) is 18.4 Å². The molecule has 0 aromatic carbocycles. The van der Waals surface area contributed by atoms with E-state index >= 15 is 0 Å². The maximum absolute atomic E-state index is 11.4. The lowest BCUT2D eigenvalue weighted by molar-refractivity contribution is -0.137. The molecular weight excluding hydrogens is 276 g/mol. The lowest BCUT2D eigenvalue weighted by Crippen LogP contribution is -2.22. The van der Waals surface area contributed by atoms with Crippen molar-refractivity contribution >= 4 is 5.97 Å². The summed E-state index contributed by atoms with van der Waals surface area (Å²) in [5.74, 6) is 0.373. The Balaban J connectivity index is 4.26. The number of hydrogen-bond acceptors (Lipinski definition) is 3. The number of hydrogen-bond donors (Lipinski definition) is 0. The SMILES string of the molecule is CCOC(=O)C=C(C)C=C(C)CC(C)CCCC(C)(C)OC. The second-order valence-corrected chi connectivity index (χ2v) is 6.80. The van der Waals surface area contributed by atoms with Crippen molar-refractivity contribution in [3.63, 3.8) is 0 Å². The molecule has 0 aliphatic rings. The van der Waals surface area contributed by atoms with E-state index in [1.165, 1.54) is 18.4 Å². The van der Waals surface area contributed by atoms with Crippen LogP contribution >= 0.6 is 0 Å². The number of carbonyl (C=O) groups excluding carboxylic acids is 1. The van der Waals surface area contributed by atoms with E-state index in [0.29, 0.717) is 12.5 Å². The molecule has 0 aromatic rings. The Morgan fingerprint density at radius 3 is 2.41 bits per heavy atom. The number of esters is 1. The maximum Gasteiger partial charge on any atom is 0.330 e. The van der Waals surface area contributed by atoms with Crippen LogP contribution in [0.5, 0.6) is 0 Å². The molecular formula is C19H34O3. The number of carbonyl (C=O) groups is 1. The first-order valence-corrected chi connectivity index (χ1v) is 8.27. The van der Waals surface area contributed by atoms with Gasteiger partial charge in [-0.05, 0) is 59.0 Å². The standard InChI is InChI=1S/C19H34O3/c1-8-22-18(20)14-17(4)13-16(3)12-15(2)10-9-11-19(5,6)21-7/h13-15H,8-12H2,1-7H3. The predicted octanol–water partition coefficient (Wildman–Crippen LogP) is 5.06. The number of ether oxygens (including phenoxy) is 2. The molecule has 0 N–H and O–H groups in total. The van der Waals surface area contributed by atoms with Crippen LogP contribution in [0.25, 0.3) is 0 Å². The van der Waals surface area contributed by atoms with E-state index in [2.05, 4.69) is 33.8 Å². The van der Waals surface area contributed by atoms with Gasteiger partial charge in [-0.25, -0.2) is 4.79 Å². The zero-order valence-electron chi connectivity index (χ0n) is 15.5. The fourth-order valence-electron chi connectivity index (χ4n) is 2.49. The molecule has 0 saturated carbocycles. The van der Waals surface area contributed by atoms with Gasteiger partial charge in [-0.3, -0.25) is 0 Å². The summed E-state index contributed by atoms with van der Waals surface area (Å²) in [7, 11) is 1.77. The van der Waals surface area contributed by atoms with E-state index < -0.39 is 0 Å². The van der Waals surface area contributed by atoms with Crippen molar-refractivity contribution in [1.29, 1.82) is 0 Å². The molecule has 128 valence electrons. The van der Waals surface area contributed by atoms with E-state index in [1.807, 2.05) is 13.8 Å². The summed E-state index contributed by atoms with van der Waals surface area (Å²) in [6, 6.07) is 0. The highest BCUT2D eigenvalue weighted by Gasteiger charge is 2.16. The van der Waals surface area contributed by atoms with Gasteiger partial charge in [0, 0.05) is 13.2 Å². The molecule has 3 nitrogen and oxygen atoms in total. The van der Waals surface area contributed by atoms with E-state index in [9.17, 15) is 4.79 Å². The summed E-state index contributed by atoms with van der Waals surface area (Å²) < 4.78 is 10.4. The second kappa shape index (κ2) is 10.6. The zero-order chi connectivity index (χ0) is 17.2. The van der Waals surface area contributed by atoms with E-state index in [1.54, 1.807) is 13.2 Å². The lowest BCUT2D eigenvalue weighted by atomic mass is 9.92. The minimum Gasteiger partial charge on any atom is -0.463 e. The van der Waals surface area contributed by atoms with Crippen molar-refractivity contribution in [1.82, 2.24) is 0 Å². The first kappa shape index (κ1) is 20.9. The van der Waals surface area contributed by atoms with Gasteiger partial charge in [-0.1, -0.05) is 31.4 Å². The second-order valence-electron chi connectivity index (χ2n) is 6.80. The normalized spacial score (nSPS) is 14.9. The van der Waals surface area contributed by atoms with Crippen LogP contribution in [0, 0.1) is 5.92 Å². The van der Waals surface area contributed by atoms with Crippen LogP contribution in [-0.4, -0.2) is 25.3 Å². The fourth-order valence-corrected chi connectivity index (χ4v) is 2.49. The van der Waals surface area contributed by atoms with Crippen molar-refractivity contribution in [3.8, 4) is 0 Å². The average molecular weight is 310 g/mol. The zero-order valence-corrected chi connectivity index (χ0v) is 15.5. The molecule has 22 heavy (non-hydrogen) atoms. The third-order valence-corrected chi connectivity index (χ3v) is 3.80. The lowest BCUT2D eigenvalue weighted by Gasteiger charge is -2.23. The van der Waals surface area contributed by atoms with Gasteiger partial charge in [-0.15, -0.1) is 0 Å². The van der Waals surface area contributed by atoms with Gasteiger partial charge in [0.2, 0.25) is 0 Å². The van der Waals surface area contributed by atoms with Crippen LogP contribution in [0.15, 0.2) is 23.3 Å². The van der Waals surface area contributed by atoms with Crippen LogP contribution < -0.4 is 0 Å². The summed E-state index contributed by atoms with van der Waals surface area (Å²) in [5, 5.41) is 0. The third-order valence-electron chi connectivity index (χ3n) is 3.80. The largest absolute Gasteiger partial charge is 0.463 e. The smallest absolute Gasteiger partial charge is 0.330 e. The Hall–Kier alpha value is -1.09. The minimum atomic E-state index is -0.265. The predicted molar refractivity (Wildman–Crippen MR) is 92.9 cm³/mol. The van der Waals surface area contributed by atoms with Gasteiger partial charge in [-0.2, -0.15) is 0 Å². The summed E-state index contributed by atoms with van der Waals surface area (Å²) in [5.41, 5.74) is 2.23. The molecule has 0 spiro atoms. The molecule has 0 saturated heterocycles. The van der Waals surface area contributed by atoms with Crippen LogP contribution in [0.3, 0.4) is 0 Å². The molecule has 0 heterocycles. The highest BCUT2D eigenvalue weighted by Crippen LogP contribution is 2.22. The Labute approximate surface area is 136 Å². The number of rotatable bonds is 10. The highest BCUT2D eigenvalue weighted by atomic mass is 16.5. The van der Waals surface area contributed by atoms with Gasteiger partial charge in [0.25, 0.3) is 0 Å². The quantitative estimate of drug-likeness (QED) is 0.321. The van der Waals surface area contributed by atoms with Crippen molar-refractivity contribution in [2.24, 2.45) is 5.92 Å².